The monoisotopic (exact) mass is 285 g/mol. The van der Waals surface area contributed by atoms with Gasteiger partial charge in [-0.3, -0.25) is 0 Å². The Balaban J connectivity index is 2.27. The zero-order chi connectivity index (χ0) is 15.4. The van der Waals surface area contributed by atoms with Crippen molar-refractivity contribution in [2.75, 3.05) is 18.0 Å². The lowest BCUT2D eigenvalue weighted by Gasteiger charge is -2.30. The molecule has 112 valence electrons. The first-order valence-electron chi connectivity index (χ1n) is 7.29. The summed E-state index contributed by atoms with van der Waals surface area (Å²) < 4.78 is 0. The Hall–Kier alpha value is -2.04. The van der Waals surface area contributed by atoms with Gasteiger partial charge in [-0.05, 0) is 46.6 Å². The molecule has 0 aliphatic carbocycles. The van der Waals surface area contributed by atoms with Crippen LogP contribution in [0.1, 0.15) is 38.6 Å². The van der Waals surface area contributed by atoms with Crippen LogP contribution in [0.4, 0.5) is 5.82 Å². The fraction of sp³-hybridized carbons (Fsp3) is 0.500. The first-order chi connectivity index (χ1) is 10.0. The van der Waals surface area contributed by atoms with E-state index in [0.29, 0.717) is 0 Å². The molecule has 0 unspecified atom stereocenters. The molecule has 0 atom stereocenters. The molecule has 21 heavy (non-hydrogen) atoms. The van der Waals surface area contributed by atoms with E-state index in [1.165, 1.54) is 5.57 Å². The van der Waals surface area contributed by atoms with Crippen LogP contribution in [0, 0.1) is 13.8 Å². The summed E-state index contributed by atoms with van der Waals surface area (Å²) >= 11 is 0. The summed E-state index contributed by atoms with van der Waals surface area (Å²) in [5.74, 6) is 2.61. The van der Waals surface area contributed by atoms with Crippen LogP contribution < -0.4 is 4.90 Å². The molecule has 0 aromatic carbocycles. The lowest BCUT2D eigenvalue weighted by molar-refractivity contribution is 0.733. The SMILES string of the molecule is CC=NC(C)=NC1=C(C)CCN(c2nc(C)ncc2C)C1. The average Bonchev–Trinajstić information content (AvgIpc) is 2.44. The third kappa shape index (κ3) is 3.74. The standard InChI is InChI=1S/C16H23N5/c1-6-17-13(4)19-15-10-21(8-7-11(15)2)16-12(3)9-18-14(5)20-16/h6,9H,7-8,10H2,1-5H3. The normalized spacial score (nSPS) is 17.0. The van der Waals surface area contributed by atoms with Crippen LogP contribution in [0.2, 0.25) is 0 Å². The minimum absolute atomic E-state index is 0.777. The van der Waals surface area contributed by atoms with Crippen molar-refractivity contribution in [2.45, 2.75) is 41.0 Å². The third-order valence-electron chi connectivity index (χ3n) is 3.57. The van der Waals surface area contributed by atoms with Crippen LogP contribution in [-0.4, -0.2) is 35.1 Å². The van der Waals surface area contributed by atoms with Gasteiger partial charge in [-0.25, -0.2) is 20.0 Å². The maximum absolute atomic E-state index is 4.65. The maximum Gasteiger partial charge on any atom is 0.135 e. The summed E-state index contributed by atoms with van der Waals surface area (Å²) in [5, 5.41) is 0. The van der Waals surface area contributed by atoms with Crippen LogP contribution in [0.3, 0.4) is 0 Å². The van der Waals surface area contributed by atoms with Crippen molar-refractivity contribution in [1.29, 1.82) is 0 Å². The van der Waals surface area contributed by atoms with E-state index in [-0.39, 0.29) is 0 Å². The average molecular weight is 285 g/mol. The minimum atomic E-state index is 0.777. The van der Waals surface area contributed by atoms with Gasteiger partial charge in [0, 0.05) is 24.5 Å². The number of rotatable bonds is 2. The second-order valence-electron chi connectivity index (χ2n) is 5.37. The summed E-state index contributed by atoms with van der Waals surface area (Å²) in [5.41, 5.74) is 3.53. The Morgan fingerprint density at radius 2 is 2.10 bits per heavy atom. The Labute approximate surface area is 126 Å². The van der Waals surface area contributed by atoms with Gasteiger partial charge in [-0.1, -0.05) is 0 Å². The molecule has 1 aromatic heterocycles. The highest BCUT2D eigenvalue weighted by atomic mass is 15.2. The predicted octanol–water partition coefficient (Wildman–Crippen LogP) is 3.09. The van der Waals surface area contributed by atoms with E-state index >= 15 is 0 Å². The van der Waals surface area contributed by atoms with Crippen LogP contribution in [0.15, 0.2) is 27.5 Å². The Kier molecular flexibility index (Phi) is 4.83. The number of amidine groups is 1. The molecular weight excluding hydrogens is 262 g/mol. The van der Waals surface area contributed by atoms with Crippen LogP contribution in [0.25, 0.3) is 0 Å². The van der Waals surface area contributed by atoms with E-state index in [4.69, 9.17) is 0 Å². The predicted molar refractivity (Wildman–Crippen MR) is 88.3 cm³/mol. The van der Waals surface area contributed by atoms with E-state index < -0.39 is 0 Å². The van der Waals surface area contributed by atoms with Gasteiger partial charge in [-0.15, -0.1) is 0 Å². The topological polar surface area (TPSA) is 53.7 Å². The van der Waals surface area contributed by atoms with E-state index in [1.54, 1.807) is 6.21 Å². The van der Waals surface area contributed by atoms with E-state index in [9.17, 15) is 0 Å². The molecule has 5 heteroatoms. The highest BCUT2D eigenvalue weighted by Crippen LogP contribution is 2.25. The first-order valence-corrected chi connectivity index (χ1v) is 7.29. The molecular formula is C16H23N5. The van der Waals surface area contributed by atoms with Crippen molar-refractivity contribution in [1.82, 2.24) is 9.97 Å². The molecule has 5 nitrogen and oxygen atoms in total. The molecule has 1 aliphatic heterocycles. The number of hydrogen-bond acceptors (Lipinski definition) is 4. The molecule has 0 amide bonds. The first kappa shape index (κ1) is 15.4. The molecule has 0 saturated carbocycles. The van der Waals surface area contributed by atoms with Crippen LogP contribution in [0.5, 0.6) is 0 Å². The van der Waals surface area contributed by atoms with Gasteiger partial charge < -0.3 is 4.90 Å². The molecule has 2 rings (SSSR count). The van der Waals surface area contributed by atoms with Crippen molar-refractivity contribution in [2.24, 2.45) is 9.98 Å². The molecule has 0 N–H and O–H groups in total. The second kappa shape index (κ2) is 6.61. The smallest absolute Gasteiger partial charge is 0.135 e. The maximum atomic E-state index is 4.65. The molecule has 0 spiro atoms. The van der Waals surface area contributed by atoms with Gasteiger partial charge >= 0.3 is 0 Å². The van der Waals surface area contributed by atoms with Gasteiger partial charge in [0.05, 0.1) is 12.2 Å². The highest BCUT2D eigenvalue weighted by Gasteiger charge is 2.19. The summed E-state index contributed by atoms with van der Waals surface area (Å²) in [6, 6.07) is 0. The van der Waals surface area contributed by atoms with Gasteiger partial charge in [0.25, 0.3) is 0 Å². The Morgan fingerprint density at radius 3 is 2.81 bits per heavy atom. The van der Waals surface area contributed by atoms with Crippen LogP contribution >= 0.6 is 0 Å². The van der Waals surface area contributed by atoms with E-state index in [0.717, 1.165) is 48.2 Å². The number of aryl methyl sites for hydroxylation is 2. The fourth-order valence-electron chi connectivity index (χ4n) is 2.40. The van der Waals surface area contributed by atoms with Crippen molar-refractivity contribution < 1.29 is 0 Å². The number of aromatic nitrogens is 2. The third-order valence-corrected chi connectivity index (χ3v) is 3.57. The lowest BCUT2D eigenvalue weighted by Crippen LogP contribution is -2.32. The summed E-state index contributed by atoms with van der Waals surface area (Å²) in [4.78, 5) is 20.0. The molecule has 0 saturated heterocycles. The van der Waals surface area contributed by atoms with E-state index in [1.807, 2.05) is 27.0 Å². The number of hydrogen-bond donors (Lipinski definition) is 0. The van der Waals surface area contributed by atoms with Crippen molar-refractivity contribution in [3.8, 4) is 0 Å². The van der Waals surface area contributed by atoms with Crippen molar-refractivity contribution in [3.05, 3.63) is 28.9 Å². The van der Waals surface area contributed by atoms with E-state index in [2.05, 4.69) is 38.7 Å². The van der Waals surface area contributed by atoms with Gasteiger partial charge in [0.15, 0.2) is 0 Å². The highest BCUT2D eigenvalue weighted by molar-refractivity contribution is 5.87. The molecule has 1 aromatic rings. The number of aliphatic imine (C=N–C) groups is 2. The number of anilines is 1. The zero-order valence-corrected chi connectivity index (χ0v) is 13.5. The quantitative estimate of drug-likeness (QED) is 0.620. The molecule has 2 heterocycles. The number of nitrogens with zero attached hydrogens (tertiary/aromatic N) is 5. The Bertz CT molecular complexity index is 613. The fourth-order valence-corrected chi connectivity index (χ4v) is 2.40. The Morgan fingerprint density at radius 1 is 1.33 bits per heavy atom. The lowest BCUT2D eigenvalue weighted by atomic mass is 10.1. The minimum Gasteiger partial charge on any atom is -0.350 e. The summed E-state index contributed by atoms with van der Waals surface area (Å²) in [6.07, 6.45) is 4.66. The molecule has 0 bridgehead atoms. The molecule has 0 fully saturated rings. The molecule has 0 radical (unpaired) electrons. The van der Waals surface area contributed by atoms with Gasteiger partial charge in [-0.2, -0.15) is 0 Å². The summed E-state index contributed by atoms with van der Waals surface area (Å²) in [7, 11) is 0. The van der Waals surface area contributed by atoms with Gasteiger partial charge in [0.2, 0.25) is 0 Å². The van der Waals surface area contributed by atoms with Crippen molar-refractivity contribution >= 4 is 17.9 Å². The second-order valence-corrected chi connectivity index (χ2v) is 5.37. The van der Waals surface area contributed by atoms with Crippen LogP contribution in [-0.2, 0) is 0 Å². The summed E-state index contributed by atoms with van der Waals surface area (Å²) in [6.45, 7) is 11.7. The molecule has 1 aliphatic rings. The van der Waals surface area contributed by atoms with Crippen molar-refractivity contribution in [3.63, 3.8) is 0 Å². The largest absolute Gasteiger partial charge is 0.350 e. The van der Waals surface area contributed by atoms with Gasteiger partial charge in [0.1, 0.15) is 17.5 Å². The zero-order valence-electron chi connectivity index (χ0n) is 13.5.